The van der Waals surface area contributed by atoms with Gasteiger partial charge in [-0.25, -0.2) is 0 Å². The molecule has 0 saturated heterocycles. The van der Waals surface area contributed by atoms with Gasteiger partial charge in [0.2, 0.25) is 0 Å². The summed E-state index contributed by atoms with van der Waals surface area (Å²) in [5, 5.41) is 17.3. The lowest BCUT2D eigenvalue weighted by Gasteiger charge is -2.13. The summed E-state index contributed by atoms with van der Waals surface area (Å²) in [7, 11) is 0. The van der Waals surface area contributed by atoms with Crippen molar-refractivity contribution in [1.29, 1.82) is 0 Å². The summed E-state index contributed by atoms with van der Waals surface area (Å²) >= 11 is 0. The van der Waals surface area contributed by atoms with Gasteiger partial charge in [-0.2, -0.15) is 0 Å². The predicted octanol–water partition coefficient (Wildman–Crippen LogP) is -2.35. The van der Waals surface area contributed by atoms with Crippen LogP contribution in [0, 0.1) is 0 Å². The Hall–Kier alpha value is -0.910. The van der Waals surface area contributed by atoms with E-state index >= 15 is 0 Å². The highest BCUT2D eigenvalue weighted by Gasteiger charge is 2.09. The molecule has 0 radical (unpaired) electrons. The first-order valence-corrected chi connectivity index (χ1v) is 4.97. The Labute approximate surface area is 134 Å². The number of pyridine rings is 1. The second kappa shape index (κ2) is 19.1. The monoisotopic (exact) mass is 354 g/mol. The van der Waals surface area contributed by atoms with Gasteiger partial charge in [0, 0.05) is 6.54 Å². The van der Waals surface area contributed by atoms with E-state index in [9.17, 15) is 0 Å². The topological polar surface area (TPSA) is 192 Å². The summed E-state index contributed by atoms with van der Waals surface area (Å²) in [6, 6.07) is 0. The lowest BCUT2D eigenvalue weighted by atomic mass is 10.2. The molecule has 9 nitrogen and oxygen atoms in total. The zero-order valence-electron chi connectivity index (χ0n) is 11.2. The average molecular weight is 355 g/mol. The third kappa shape index (κ3) is 10.5. The minimum Gasteiger partial charge on any atom is -0.489 e. The van der Waals surface area contributed by atoms with E-state index in [1.54, 1.807) is 0 Å². The van der Waals surface area contributed by atoms with Gasteiger partial charge in [0.1, 0.15) is 24.7 Å². The van der Waals surface area contributed by atoms with Gasteiger partial charge in [0.15, 0.2) is 0 Å². The molecule has 0 amide bonds. The number of halogens is 2. The van der Waals surface area contributed by atoms with Gasteiger partial charge in [0.25, 0.3) is 0 Å². The third-order valence-electron chi connectivity index (χ3n) is 1.88. The van der Waals surface area contributed by atoms with E-state index in [1.165, 1.54) is 12.4 Å². The van der Waals surface area contributed by atoms with Crippen molar-refractivity contribution in [3.63, 3.8) is 0 Å². The van der Waals surface area contributed by atoms with Gasteiger partial charge in [-0.3, -0.25) is 4.98 Å². The molecular weight excluding hydrogens is 331 g/mol. The largest absolute Gasteiger partial charge is 0.489 e. The van der Waals surface area contributed by atoms with Crippen molar-refractivity contribution < 1.29 is 36.1 Å². The van der Waals surface area contributed by atoms with Crippen LogP contribution in [0.5, 0.6) is 11.5 Å². The summed E-state index contributed by atoms with van der Waals surface area (Å²) in [6.07, 6.45) is 3.04. The molecule has 0 spiro atoms. The molecule has 1 aromatic heterocycles. The lowest BCUT2D eigenvalue weighted by molar-refractivity contribution is 0.191. The molecule has 1 heterocycles. The summed E-state index contributed by atoms with van der Waals surface area (Å²) in [5.74, 6) is 0.985. The van der Waals surface area contributed by atoms with Gasteiger partial charge in [-0.15, -0.1) is 24.8 Å². The highest BCUT2D eigenvalue weighted by molar-refractivity contribution is 5.85. The second-order valence-electron chi connectivity index (χ2n) is 2.96. The molecule has 0 atom stereocenters. The Morgan fingerprint density at radius 2 is 1.29 bits per heavy atom. The summed E-state index contributed by atoms with van der Waals surface area (Å²) in [6.45, 7) is 0.442. The fourth-order valence-electron chi connectivity index (χ4n) is 1.21. The predicted molar refractivity (Wildman–Crippen MR) is 82.6 cm³/mol. The molecule has 0 aromatic carbocycles. The molecule has 10 N–H and O–H groups in total. The summed E-state index contributed by atoms with van der Waals surface area (Å²) < 4.78 is 10.5. The highest BCUT2D eigenvalue weighted by atomic mass is 35.5. The first-order chi connectivity index (χ1) is 7.83. The molecular formula is C10H24Cl2N2O7. The van der Waals surface area contributed by atoms with Crippen molar-refractivity contribution in [2.75, 3.05) is 26.4 Å². The highest BCUT2D eigenvalue weighted by Crippen LogP contribution is 2.26. The van der Waals surface area contributed by atoms with Gasteiger partial charge < -0.3 is 41.8 Å². The van der Waals surface area contributed by atoms with Crippen LogP contribution in [0.2, 0.25) is 0 Å². The zero-order chi connectivity index (χ0) is 11.8. The number of nitrogens with zero attached hydrogens (tertiary/aromatic N) is 1. The molecule has 0 fully saturated rings. The molecule has 0 saturated carbocycles. The van der Waals surface area contributed by atoms with E-state index in [1.807, 2.05) is 0 Å². The lowest BCUT2D eigenvalue weighted by Crippen LogP contribution is -2.10. The van der Waals surface area contributed by atoms with Crippen molar-refractivity contribution in [1.82, 2.24) is 4.98 Å². The Morgan fingerprint density at radius 1 is 0.905 bits per heavy atom. The van der Waals surface area contributed by atoms with Gasteiger partial charge >= 0.3 is 0 Å². The van der Waals surface area contributed by atoms with E-state index in [0.29, 0.717) is 17.1 Å². The number of ether oxygens (including phenoxy) is 2. The first kappa shape index (κ1) is 32.2. The van der Waals surface area contributed by atoms with Crippen LogP contribution in [0.4, 0.5) is 0 Å². The number of aliphatic hydroxyl groups excluding tert-OH is 2. The van der Waals surface area contributed by atoms with Crippen LogP contribution in [-0.4, -0.2) is 58.1 Å². The maximum atomic E-state index is 8.66. The minimum absolute atomic E-state index is 0. The van der Waals surface area contributed by atoms with Crippen LogP contribution < -0.4 is 15.2 Å². The molecule has 0 aliphatic heterocycles. The van der Waals surface area contributed by atoms with Crippen LogP contribution in [0.15, 0.2) is 12.4 Å². The van der Waals surface area contributed by atoms with Crippen molar-refractivity contribution in [2.24, 2.45) is 5.73 Å². The standard InChI is InChI=1S/C10H16N2O4.2ClH.3H2O/c11-5-8-9(15-3-1-13)6-12-7-10(8)16-4-2-14;;;;;/h6-7,13-14H,1-5,11H2;2*1H;3*1H2. The number of hydrogen-bond donors (Lipinski definition) is 3. The summed E-state index contributed by atoms with van der Waals surface area (Å²) in [4.78, 5) is 3.93. The van der Waals surface area contributed by atoms with Crippen LogP contribution in [0.1, 0.15) is 5.56 Å². The Kier molecular flexibility index (Phi) is 29.2. The normalized spacial score (nSPS) is 7.76. The van der Waals surface area contributed by atoms with Crippen molar-refractivity contribution >= 4 is 24.8 Å². The van der Waals surface area contributed by atoms with Crippen LogP contribution in [-0.2, 0) is 6.54 Å². The number of aliphatic hydroxyl groups is 2. The molecule has 21 heavy (non-hydrogen) atoms. The van der Waals surface area contributed by atoms with Crippen LogP contribution in [0.3, 0.4) is 0 Å². The van der Waals surface area contributed by atoms with Gasteiger partial charge in [-0.1, -0.05) is 0 Å². The van der Waals surface area contributed by atoms with Gasteiger partial charge in [-0.05, 0) is 0 Å². The maximum Gasteiger partial charge on any atom is 0.145 e. The number of rotatable bonds is 7. The molecule has 0 bridgehead atoms. The Bertz CT molecular complexity index is 308. The molecule has 130 valence electrons. The molecule has 0 aliphatic carbocycles. The smallest absolute Gasteiger partial charge is 0.145 e. The second-order valence-corrected chi connectivity index (χ2v) is 2.96. The average Bonchev–Trinajstić information content (AvgIpc) is 2.33. The van der Waals surface area contributed by atoms with Crippen molar-refractivity contribution in [3.05, 3.63) is 18.0 Å². The SMILES string of the molecule is Cl.Cl.NCc1c(OCCO)cncc1OCCO.O.O.O. The van der Waals surface area contributed by atoms with Gasteiger partial charge in [0.05, 0.1) is 31.2 Å². The van der Waals surface area contributed by atoms with E-state index in [4.69, 9.17) is 25.4 Å². The van der Waals surface area contributed by atoms with Crippen LogP contribution >= 0.6 is 24.8 Å². The molecule has 0 unspecified atom stereocenters. The quantitative estimate of drug-likeness (QED) is 0.490. The fourth-order valence-corrected chi connectivity index (χ4v) is 1.21. The molecule has 11 heteroatoms. The molecule has 1 rings (SSSR count). The first-order valence-electron chi connectivity index (χ1n) is 4.97. The number of hydrogen-bond acceptors (Lipinski definition) is 6. The van der Waals surface area contributed by atoms with Crippen LogP contribution in [0.25, 0.3) is 0 Å². The Balaban J connectivity index is -0.000000171. The molecule has 0 aliphatic rings. The maximum absolute atomic E-state index is 8.66. The zero-order valence-corrected chi connectivity index (χ0v) is 12.9. The van der Waals surface area contributed by atoms with E-state index in [0.717, 1.165) is 0 Å². The van der Waals surface area contributed by atoms with E-state index in [-0.39, 0.29) is 74.2 Å². The fraction of sp³-hybridized carbons (Fsp3) is 0.500. The van der Waals surface area contributed by atoms with Crippen molar-refractivity contribution in [3.8, 4) is 11.5 Å². The Morgan fingerprint density at radius 3 is 1.57 bits per heavy atom. The number of nitrogens with two attached hydrogens (primary N) is 1. The third-order valence-corrected chi connectivity index (χ3v) is 1.88. The van der Waals surface area contributed by atoms with Crippen molar-refractivity contribution in [2.45, 2.75) is 6.54 Å². The molecule has 1 aromatic rings. The summed E-state index contributed by atoms with van der Waals surface area (Å²) in [5.41, 5.74) is 6.26. The van der Waals surface area contributed by atoms with E-state index in [2.05, 4.69) is 4.98 Å². The number of aromatic nitrogens is 1. The minimum atomic E-state index is -0.0776. The van der Waals surface area contributed by atoms with E-state index < -0.39 is 0 Å².